The molecule has 0 aliphatic rings. The number of aliphatic imine (C=N–C) groups is 1. The van der Waals surface area contributed by atoms with E-state index in [0.717, 1.165) is 12.0 Å². The van der Waals surface area contributed by atoms with Crippen LogP contribution < -0.4 is 16.6 Å². The zero-order chi connectivity index (χ0) is 12.5. The first-order chi connectivity index (χ1) is 8.27. The molecule has 1 rings (SSSR count). The molecule has 96 valence electrons. The average Bonchev–Trinajstić information content (AvgIpc) is 2.86. The number of hydrogen-bond donors (Lipinski definition) is 4. The van der Waals surface area contributed by atoms with Crippen LogP contribution in [-0.2, 0) is 4.74 Å². The Morgan fingerprint density at radius 3 is 3.12 bits per heavy atom. The number of H-pyrrole nitrogens is 1. The van der Waals surface area contributed by atoms with Crippen molar-refractivity contribution in [2.24, 2.45) is 10.8 Å². The second-order valence-corrected chi connectivity index (χ2v) is 3.62. The topological polar surface area (TPSA) is 100 Å². The molecule has 0 aromatic carbocycles. The van der Waals surface area contributed by atoms with Gasteiger partial charge in [0.2, 0.25) is 5.96 Å². The molecule has 0 spiro atoms. The van der Waals surface area contributed by atoms with Gasteiger partial charge in [-0.05, 0) is 13.3 Å². The molecule has 0 fully saturated rings. The van der Waals surface area contributed by atoms with Crippen LogP contribution in [0.3, 0.4) is 0 Å². The molecule has 1 unspecified atom stereocenters. The van der Waals surface area contributed by atoms with Crippen LogP contribution in [0.1, 0.15) is 24.9 Å². The Morgan fingerprint density at radius 1 is 1.71 bits per heavy atom. The summed E-state index contributed by atoms with van der Waals surface area (Å²) in [6, 6.07) is 0.0889. The predicted octanol–water partition coefficient (Wildman–Crippen LogP) is -0.0839. The molecular weight excluding hydrogens is 220 g/mol. The third-order valence-corrected chi connectivity index (χ3v) is 2.29. The number of nitrogens with two attached hydrogens (primary N) is 1. The van der Waals surface area contributed by atoms with E-state index in [-0.39, 0.29) is 6.04 Å². The van der Waals surface area contributed by atoms with Gasteiger partial charge < -0.3 is 10.1 Å². The van der Waals surface area contributed by atoms with Gasteiger partial charge in [-0.25, -0.2) is 5.84 Å². The van der Waals surface area contributed by atoms with Crippen LogP contribution in [0.5, 0.6) is 0 Å². The van der Waals surface area contributed by atoms with E-state index in [9.17, 15) is 0 Å². The summed E-state index contributed by atoms with van der Waals surface area (Å²) in [6.07, 6.45) is 4.46. The highest BCUT2D eigenvalue weighted by molar-refractivity contribution is 5.79. The van der Waals surface area contributed by atoms with Crippen molar-refractivity contribution in [1.29, 1.82) is 0 Å². The first-order valence-electron chi connectivity index (χ1n) is 5.53. The maximum atomic E-state index is 5.39. The highest BCUT2D eigenvalue weighted by Gasteiger charge is 2.07. The van der Waals surface area contributed by atoms with Gasteiger partial charge in [0.25, 0.3) is 0 Å². The van der Waals surface area contributed by atoms with E-state index >= 15 is 0 Å². The molecule has 0 saturated carbocycles. The molecule has 0 radical (unpaired) electrons. The van der Waals surface area contributed by atoms with Crippen LogP contribution >= 0.6 is 0 Å². The van der Waals surface area contributed by atoms with Crippen LogP contribution in [0.2, 0.25) is 0 Å². The Balaban J connectivity index is 2.40. The number of aromatic amines is 1. The largest absolute Gasteiger partial charge is 0.385 e. The summed E-state index contributed by atoms with van der Waals surface area (Å²) in [4.78, 5) is 4.29. The van der Waals surface area contributed by atoms with E-state index in [1.807, 2.05) is 13.1 Å². The van der Waals surface area contributed by atoms with Crippen LogP contribution in [0.15, 0.2) is 17.4 Å². The number of nitrogens with one attached hydrogen (secondary N) is 3. The van der Waals surface area contributed by atoms with Crippen molar-refractivity contribution in [1.82, 2.24) is 20.9 Å². The van der Waals surface area contributed by atoms with E-state index in [1.165, 1.54) is 0 Å². The third kappa shape index (κ3) is 4.83. The SMILES string of the molecule is COCCCN=C(NN)NC(C)c1cn[nH]c1. The fraction of sp³-hybridized carbons (Fsp3) is 0.600. The van der Waals surface area contributed by atoms with Gasteiger partial charge in [0.15, 0.2) is 0 Å². The normalized spacial score (nSPS) is 13.5. The van der Waals surface area contributed by atoms with Gasteiger partial charge in [-0.3, -0.25) is 15.5 Å². The highest BCUT2D eigenvalue weighted by atomic mass is 16.5. The molecule has 1 heterocycles. The second kappa shape index (κ2) is 7.64. The minimum Gasteiger partial charge on any atom is -0.385 e. The molecule has 0 aliphatic carbocycles. The average molecular weight is 240 g/mol. The zero-order valence-electron chi connectivity index (χ0n) is 10.2. The molecule has 0 bridgehead atoms. The summed E-state index contributed by atoms with van der Waals surface area (Å²) in [5, 5.41) is 9.81. The van der Waals surface area contributed by atoms with Crippen LogP contribution in [0, 0.1) is 0 Å². The molecule has 1 aromatic rings. The molecule has 1 atom stereocenters. The number of methoxy groups -OCH3 is 1. The van der Waals surface area contributed by atoms with Crippen LogP contribution in [-0.4, -0.2) is 36.4 Å². The number of rotatable bonds is 6. The predicted molar refractivity (Wildman–Crippen MR) is 66.3 cm³/mol. The van der Waals surface area contributed by atoms with Gasteiger partial charge in [-0.1, -0.05) is 0 Å². The summed E-state index contributed by atoms with van der Waals surface area (Å²) < 4.78 is 4.94. The molecule has 1 aromatic heterocycles. The first kappa shape index (κ1) is 13.5. The van der Waals surface area contributed by atoms with Crippen molar-refractivity contribution >= 4 is 5.96 Å². The Hall–Kier alpha value is -1.60. The van der Waals surface area contributed by atoms with Crippen LogP contribution in [0.25, 0.3) is 0 Å². The standard InChI is InChI=1S/C10H20N6O/c1-8(9-6-13-14-7-9)15-10(16-11)12-4-3-5-17-2/h6-8H,3-5,11H2,1-2H3,(H,13,14)(H2,12,15,16). The van der Waals surface area contributed by atoms with Crippen molar-refractivity contribution in [2.75, 3.05) is 20.3 Å². The van der Waals surface area contributed by atoms with Gasteiger partial charge >= 0.3 is 0 Å². The highest BCUT2D eigenvalue weighted by Crippen LogP contribution is 2.08. The Kier molecular flexibility index (Phi) is 6.05. The fourth-order valence-corrected chi connectivity index (χ4v) is 1.32. The monoisotopic (exact) mass is 240 g/mol. The first-order valence-corrected chi connectivity index (χ1v) is 5.53. The summed E-state index contributed by atoms with van der Waals surface area (Å²) in [5.74, 6) is 5.96. The fourth-order valence-electron chi connectivity index (χ4n) is 1.32. The number of guanidine groups is 1. The molecule has 17 heavy (non-hydrogen) atoms. The number of hydrazine groups is 1. The zero-order valence-corrected chi connectivity index (χ0v) is 10.2. The number of hydrogen-bond acceptors (Lipinski definition) is 4. The summed E-state index contributed by atoms with van der Waals surface area (Å²) >= 11 is 0. The maximum absolute atomic E-state index is 5.39. The van der Waals surface area contributed by atoms with Gasteiger partial charge in [-0.2, -0.15) is 5.10 Å². The Bertz CT molecular complexity index is 324. The van der Waals surface area contributed by atoms with Gasteiger partial charge in [0, 0.05) is 32.0 Å². The quantitative estimate of drug-likeness (QED) is 0.183. The van der Waals surface area contributed by atoms with E-state index in [1.54, 1.807) is 13.3 Å². The molecule has 0 aliphatic heterocycles. The van der Waals surface area contributed by atoms with Crippen molar-refractivity contribution in [2.45, 2.75) is 19.4 Å². The number of ether oxygens (including phenoxy) is 1. The second-order valence-electron chi connectivity index (χ2n) is 3.62. The smallest absolute Gasteiger partial charge is 0.206 e. The lowest BCUT2D eigenvalue weighted by molar-refractivity contribution is 0.197. The van der Waals surface area contributed by atoms with Crippen LogP contribution in [0.4, 0.5) is 0 Å². The minimum absolute atomic E-state index is 0.0889. The lowest BCUT2D eigenvalue weighted by atomic mass is 10.2. The summed E-state index contributed by atoms with van der Waals surface area (Å²) in [6.45, 7) is 3.37. The molecule has 7 heteroatoms. The Morgan fingerprint density at radius 2 is 2.53 bits per heavy atom. The van der Waals surface area contributed by atoms with E-state index in [0.29, 0.717) is 19.1 Å². The minimum atomic E-state index is 0.0889. The number of aromatic nitrogens is 2. The molecule has 0 amide bonds. The Labute approximate surface area is 101 Å². The third-order valence-electron chi connectivity index (χ3n) is 2.29. The lowest BCUT2D eigenvalue weighted by Gasteiger charge is -2.14. The van der Waals surface area contributed by atoms with E-state index < -0.39 is 0 Å². The molecular formula is C10H20N6O. The molecule has 0 saturated heterocycles. The van der Waals surface area contributed by atoms with Crippen molar-refractivity contribution in [3.05, 3.63) is 18.0 Å². The van der Waals surface area contributed by atoms with E-state index in [2.05, 4.69) is 25.9 Å². The number of nitrogens with zero attached hydrogens (tertiary/aromatic N) is 2. The van der Waals surface area contributed by atoms with Gasteiger partial charge in [-0.15, -0.1) is 0 Å². The maximum Gasteiger partial charge on any atom is 0.206 e. The van der Waals surface area contributed by atoms with Gasteiger partial charge in [0.1, 0.15) is 0 Å². The van der Waals surface area contributed by atoms with Gasteiger partial charge in [0.05, 0.1) is 12.2 Å². The van der Waals surface area contributed by atoms with Crippen molar-refractivity contribution in [3.63, 3.8) is 0 Å². The molecule has 5 N–H and O–H groups in total. The summed E-state index contributed by atoms with van der Waals surface area (Å²) in [5.41, 5.74) is 3.59. The molecule has 7 nitrogen and oxygen atoms in total. The van der Waals surface area contributed by atoms with E-state index in [4.69, 9.17) is 10.6 Å². The summed E-state index contributed by atoms with van der Waals surface area (Å²) in [7, 11) is 1.67. The van der Waals surface area contributed by atoms with Crippen molar-refractivity contribution < 1.29 is 4.74 Å². The lowest BCUT2D eigenvalue weighted by Crippen LogP contribution is -2.42. The van der Waals surface area contributed by atoms with Crippen molar-refractivity contribution in [3.8, 4) is 0 Å².